The summed E-state index contributed by atoms with van der Waals surface area (Å²) in [5.74, 6) is 0.0115. The van der Waals surface area contributed by atoms with E-state index in [2.05, 4.69) is 47.5 Å². The number of aromatic nitrogens is 3. The van der Waals surface area contributed by atoms with Gasteiger partial charge in [-0.15, -0.1) is 0 Å². The summed E-state index contributed by atoms with van der Waals surface area (Å²) < 4.78 is 6.06. The number of hydrogen-bond acceptors (Lipinski definition) is 4. The van der Waals surface area contributed by atoms with E-state index < -0.39 is 0 Å². The molecule has 33 heavy (non-hydrogen) atoms. The second-order valence-electron chi connectivity index (χ2n) is 9.21. The van der Waals surface area contributed by atoms with E-state index in [9.17, 15) is 4.79 Å². The maximum atomic E-state index is 13.4. The first kappa shape index (κ1) is 21.8. The third kappa shape index (κ3) is 4.86. The van der Waals surface area contributed by atoms with Crippen LogP contribution in [0.5, 0.6) is 0 Å². The Morgan fingerprint density at radius 3 is 2.82 bits per heavy atom. The Balaban J connectivity index is 1.31. The normalized spacial score (nSPS) is 18.9. The molecule has 2 aliphatic rings. The number of ether oxygens (including phenoxy) is 1. The van der Waals surface area contributed by atoms with Crippen molar-refractivity contribution in [2.75, 3.05) is 19.7 Å². The van der Waals surface area contributed by atoms with Crippen LogP contribution in [-0.4, -0.2) is 45.7 Å². The van der Waals surface area contributed by atoms with Crippen molar-refractivity contribution >= 4 is 5.91 Å². The molecule has 1 N–H and O–H groups in total. The largest absolute Gasteiger partial charge is 0.368 e. The van der Waals surface area contributed by atoms with Crippen LogP contribution in [0.4, 0.5) is 0 Å². The Kier molecular flexibility index (Phi) is 6.53. The van der Waals surface area contributed by atoms with Crippen molar-refractivity contribution < 1.29 is 9.53 Å². The summed E-state index contributed by atoms with van der Waals surface area (Å²) in [6.45, 7) is 3.72. The fourth-order valence-electron chi connectivity index (χ4n) is 4.95. The summed E-state index contributed by atoms with van der Waals surface area (Å²) >= 11 is 0. The van der Waals surface area contributed by atoms with Gasteiger partial charge in [-0.05, 0) is 55.9 Å². The Bertz CT molecular complexity index is 1120. The summed E-state index contributed by atoms with van der Waals surface area (Å²) in [7, 11) is 0. The van der Waals surface area contributed by atoms with Crippen molar-refractivity contribution in [3.63, 3.8) is 0 Å². The lowest BCUT2D eigenvalue weighted by Gasteiger charge is -2.32. The van der Waals surface area contributed by atoms with E-state index in [4.69, 9.17) is 9.72 Å². The Morgan fingerprint density at radius 2 is 1.94 bits per heavy atom. The van der Waals surface area contributed by atoms with E-state index in [-0.39, 0.29) is 12.0 Å². The molecular formula is C27H32N4O2. The van der Waals surface area contributed by atoms with Crippen LogP contribution in [0.15, 0.2) is 42.5 Å². The number of amides is 1. The van der Waals surface area contributed by atoms with E-state index in [1.165, 1.54) is 24.0 Å². The van der Waals surface area contributed by atoms with Gasteiger partial charge in [0.15, 0.2) is 5.69 Å². The predicted octanol–water partition coefficient (Wildman–Crippen LogP) is 4.58. The molecule has 1 aromatic carbocycles. The zero-order valence-corrected chi connectivity index (χ0v) is 19.3. The minimum Gasteiger partial charge on any atom is -0.368 e. The van der Waals surface area contributed by atoms with Gasteiger partial charge in [-0.2, -0.15) is 5.10 Å². The van der Waals surface area contributed by atoms with E-state index in [0.717, 1.165) is 54.7 Å². The number of carbonyl (C=O) groups is 1. The molecule has 1 unspecified atom stereocenters. The zero-order chi connectivity index (χ0) is 22.6. The molecule has 1 fully saturated rings. The van der Waals surface area contributed by atoms with Crippen molar-refractivity contribution in [1.82, 2.24) is 20.1 Å². The fraction of sp³-hybridized carbons (Fsp3) is 0.444. The van der Waals surface area contributed by atoms with Crippen molar-refractivity contribution in [2.45, 2.75) is 58.0 Å². The second-order valence-corrected chi connectivity index (χ2v) is 9.21. The number of hydrogen-bond donors (Lipinski definition) is 1. The first-order chi connectivity index (χ1) is 16.2. The van der Waals surface area contributed by atoms with E-state index >= 15 is 0 Å². The van der Waals surface area contributed by atoms with Crippen LogP contribution in [0.3, 0.4) is 0 Å². The minimum atomic E-state index is -0.222. The summed E-state index contributed by atoms with van der Waals surface area (Å²) in [6, 6.07) is 14.5. The average molecular weight is 445 g/mol. The molecule has 0 spiro atoms. The quantitative estimate of drug-likeness (QED) is 0.640. The highest BCUT2D eigenvalue weighted by atomic mass is 16.5. The molecule has 1 atom stereocenters. The van der Waals surface area contributed by atoms with E-state index in [1.54, 1.807) is 0 Å². The molecule has 6 heteroatoms. The summed E-state index contributed by atoms with van der Waals surface area (Å²) in [5, 5.41) is 7.60. The fourth-order valence-corrected chi connectivity index (χ4v) is 4.95. The molecule has 1 aliphatic carbocycles. The van der Waals surface area contributed by atoms with Crippen LogP contribution < -0.4 is 0 Å². The number of nitrogens with zero attached hydrogens (tertiary/aromatic N) is 3. The van der Waals surface area contributed by atoms with Crippen molar-refractivity contribution in [3.05, 3.63) is 81.9 Å². The number of nitrogens with one attached hydrogen (secondary N) is 1. The summed E-state index contributed by atoms with van der Waals surface area (Å²) in [5.41, 5.74) is 7.32. The number of H-pyrrole nitrogens is 1. The smallest absolute Gasteiger partial charge is 0.274 e. The number of rotatable bonds is 4. The molecule has 0 radical (unpaired) electrons. The number of fused-ring (bicyclic) bond motifs is 1. The molecule has 6 nitrogen and oxygen atoms in total. The monoisotopic (exact) mass is 444 g/mol. The van der Waals surface area contributed by atoms with Crippen LogP contribution in [0.1, 0.15) is 76.0 Å². The highest BCUT2D eigenvalue weighted by Gasteiger charge is 2.30. The Hall–Kier alpha value is -2.99. The third-order valence-electron chi connectivity index (χ3n) is 6.90. The predicted molar refractivity (Wildman–Crippen MR) is 127 cm³/mol. The SMILES string of the molecule is Cc1ccccc1Cc1cccc(C2CN(C(=O)c3n[nH]c4c3CCCCCC4)CCO2)n1. The molecule has 5 rings (SSSR count). The maximum Gasteiger partial charge on any atom is 0.274 e. The van der Waals surface area contributed by atoms with Gasteiger partial charge >= 0.3 is 0 Å². The van der Waals surface area contributed by atoms with Crippen LogP contribution in [0.2, 0.25) is 0 Å². The standard InChI is InChI=1S/C27H32N4O2/c1-19-9-6-7-10-20(19)17-21-11-8-14-24(28-21)25-18-31(15-16-33-25)27(32)26-22-12-4-2-3-5-13-23(22)29-30-26/h6-11,14,25H,2-5,12-13,15-18H2,1H3,(H,29,30). The summed E-state index contributed by atoms with van der Waals surface area (Å²) in [4.78, 5) is 20.2. The molecule has 2 aromatic heterocycles. The average Bonchev–Trinajstić information content (AvgIpc) is 3.21. The lowest BCUT2D eigenvalue weighted by atomic mass is 9.96. The zero-order valence-electron chi connectivity index (χ0n) is 19.3. The Morgan fingerprint density at radius 1 is 1.09 bits per heavy atom. The number of pyridine rings is 1. The lowest BCUT2D eigenvalue weighted by molar-refractivity contribution is -0.0250. The Labute approximate surface area is 195 Å². The van der Waals surface area contributed by atoms with Gasteiger partial charge in [-0.3, -0.25) is 14.9 Å². The summed E-state index contributed by atoms with van der Waals surface area (Å²) in [6.07, 6.45) is 7.24. The second kappa shape index (κ2) is 9.87. The number of carbonyl (C=O) groups excluding carboxylic acids is 1. The molecule has 1 saturated heterocycles. The van der Waals surface area contributed by atoms with Gasteiger partial charge < -0.3 is 9.64 Å². The van der Waals surface area contributed by atoms with Gasteiger partial charge in [0.1, 0.15) is 6.10 Å². The highest BCUT2D eigenvalue weighted by molar-refractivity contribution is 5.94. The number of morpholine rings is 1. The molecule has 1 amide bonds. The molecule has 1 aliphatic heterocycles. The first-order valence-electron chi connectivity index (χ1n) is 12.2. The highest BCUT2D eigenvalue weighted by Crippen LogP contribution is 2.26. The minimum absolute atomic E-state index is 0.0115. The van der Waals surface area contributed by atoms with Crippen LogP contribution >= 0.6 is 0 Å². The molecule has 3 aromatic rings. The maximum absolute atomic E-state index is 13.4. The third-order valence-corrected chi connectivity index (χ3v) is 6.90. The molecular weight excluding hydrogens is 412 g/mol. The van der Waals surface area contributed by atoms with E-state index in [1.807, 2.05) is 17.0 Å². The van der Waals surface area contributed by atoms with Crippen LogP contribution in [0.25, 0.3) is 0 Å². The van der Waals surface area contributed by atoms with Crippen molar-refractivity contribution in [1.29, 1.82) is 0 Å². The van der Waals surface area contributed by atoms with Crippen LogP contribution in [0, 0.1) is 6.92 Å². The van der Waals surface area contributed by atoms with Gasteiger partial charge in [0.05, 0.1) is 18.8 Å². The molecule has 3 heterocycles. The van der Waals surface area contributed by atoms with E-state index in [0.29, 0.717) is 25.4 Å². The molecule has 0 saturated carbocycles. The van der Waals surface area contributed by atoms with Crippen molar-refractivity contribution in [2.24, 2.45) is 0 Å². The number of benzene rings is 1. The van der Waals surface area contributed by atoms with Gasteiger partial charge in [0.25, 0.3) is 5.91 Å². The van der Waals surface area contributed by atoms with Gasteiger partial charge in [-0.1, -0.05) is 43.2 Å². The van der Waals surface area contributed by atoms with Gasteiger partial charge in [0, 0.05) is 29.9 Å². The number of aryl methyl sites for hydroxylation is 2. The first-order valence-corrected chi connectivity index (χ1v) is 12.2. The van der Waals surface area contributed by atoms with Crippen molar-refractivity contribution in [3.8, 4) is 0 Å². The molecule has 0 bridgehead atoms. The van der Waals surface area contributed by atoms with Gasteiger partial charge in [0.2, 0.25) is 0 Å². The van der Waals surface area contributed by atoms with Crippen LogP contribution in [-0.2, 0) is 24.0 Å². The molecule has 172 valence electrons. The lowest BCUT2D eigenvalue weighted by Crippen LogP contribution is -2.43. The number of aromatic amines is 1. The van der Waals surface area contributed by atoms with Gasteiger partial charge in [-0.25, -0.2) is 0 Å². The topological polar surface area (TPSA) is 71.1 Å².